The molecule has 0 bridgehead atoms. The number of halogens is 1. The molecule has 0 atom stereocenters. The Morgan fingerprint density at radius 1 is 1.20 bits per heavy atom. The standard InChI is InChI=1S/C18H21ClN4O2/c1-13-18(21-6-5-20-13)23-9-7-22(8-10-23)17(24)11-14-3-4-15(25-2)12-16(14)19/h3-6,12H,7-11H2,1-2H3. The third-order valence-corrected chi connectivity index (χ3v) is 4.74. The van der Waals surface area contributed by atoms with Crippen molar-refractivity contribution in [2.45, 2.75) is 13.3 Å². The fourth-order valence-electron chi connectivity index (χ4n) is 2.95. The second-order valence-corrected chi connectivity index (χ2v) is 6.37. The topological polar surface area (TPSA) is 58.6 Å². The molecule has 1 aliphatic rings. The lowest BCUT2D eigenvalue weighted by atomic mass is 10.1. The van der Waals surface area contributed by atoms with Crippen LogP contribution in [0.1, 0.15) is 11.3 Å². The molecule has 1 aromatic heterocycles. The number of methoxy groups -OCH3 is 1. The van der Waals surface area contributed by atoms with E-state index in [-0.39, 0.29) is 5.91 Å². The van der Waals surface area contributed by atoms with Crippen molar-refractivity contribution in [3.8, 4) is 5.75 Å². The number of carbonyl (C=O) groups is 1. The zero-order valence-electron chi connectivity index (χ0n) is 14.4. The van der Waals surface area contributed by atoms with Gasteiger partial charge >= 0.3 is 0 Å². The van der Waals surface area contributed by atoms with E-state index >= 15 is 0 Å². The van der Waals surface area contributed by atoms with Crippen molar-refractivity contribution in [3.63, 3.8) is 0 Å². The summed E-state index contributed by atoms with van der Waals surface area (Å²) in [7, 11) is 1.59. The predicted molar refractivity (Wildman–Crippen MR) is 97.3 cm³/mol. The van der Waals surface area contributed by atoms with Crippen LogP contribution < -0.4 is 9.64 Å². The summed E-state index contributed by atoms with van der Waals surface area (Å²) in [5.41, 5.74) is 1.73. The van der Waals surface area contributed by atoms with Gasteiger partial charge in [-0.3, -0.25) is 9.78 Å². The number of piperazine rings is 1. The number of carbonyl (C=O) groups excluding carboxylic acids is 1. The number of benzene rings is 1. The van der Waals surface area contributed by atoms with E-state index in [1.807, 2.05) is 24.0 Å². The molecular formula is C18H21ClN4O2. The van der Waals surface area contributed by atoms with Gasteiger partial charge in [-0.25, -0.2) is 4.98 Å². The van der Waals surface area contributed by atoms with E-state index < -0.39 is 0 Å². The molecule has 0 N–H and O–H groups in total. The lowest BCUT2D eigenvalue weighted by molar-refractivity contribution is -0.130. The van der Waals surface area contributed by atoms with Crippen molar-refractivity contribution in [1.29, 1.82) is 0 Å². The first-order valence-electron chi connectivity index (χ1n) is 8.21. The highest BCUT2D eigenvalue weighted by Crippen LogP contribution is 2.23. The third kappa shape index (κ3) is 4.02. The summed E-state index contributed by atoms with van der Waals surface area (Å²) in [5, 5.41) is 0.557. The maximum absolute atomic E-state index is 12.6. The molecule has 0 unspecified atom stereocenters. The Morgan fingerprint density at radius 2 is 1.92 bits per heavy atom. The zero-order valence-corrected chi connectivity index (χ0v) is 15.2. The van der Waals surface area contributed by atoms with Crippen LogP contribution in [-0.2, 0) is 11.2 Å². The van der Waals surface area contributed by atoms with Crippen molar-refractivity contribution in [3.05, 3.63) is 46.9 Å². The average molecular weight is 361 g/mol. The average Bonchev–Trinajstić information content (AvgIpc) is 2.64. The van der Waals surface area contributed by atoms with Gasteiger partial charge in [0.15, 0.2) is 0 Å². The first-order valence-corrected chi connectivity index (χ1v) is 8.59. The van der Waals surface area contributed by atoms with Crippen LogP contribution in [0.3, 0.4) is 0 Å². The second kappa shape index (κ2) is 7.70. The Hall–Kier alpha value is -2.34. The maximum atomic E-state index is 12.6. The van der Waals surface area contributed by atoms with Crippen LogP contribution in [0.15, 0.2) is 30.6 Å². The van der Waals surface area contributed by atoms with Gasteiger partial charge in [-0.1, -0.05) is 17.7 Å². The highest BCUT2D eigenvalue weighted by Gasteiger charge is 2.23. The minimum absolute atomic E-state index is 0.0857. The quantitative estimate of drug-likeness (QED) is 0.837. The Bertz CT molecular complexity index is 760. The van der Waals surface area contributed by atoms with Gasteiger partial charge in [-0.2, -0.15) is 0 Å². The van der Waals surface area contributed by atoms with Gasteiger partial charge in [-0.15, -0.1) is 0 Å². The summed E-state index contributed by atoms with van der Waals surface area (Å²) in [6.45, 7) is 4.79. The van der Waals surface area contributed by atoms with E-state index in [2.05, 4.69) is 14.9 Å². The molecule has 1 aliphatic heterocycles. The molecule has 0 aliphatic carbocycles. The molecule has 7 heteroatoms. The second-order valence-electron chi connectivity index (χ2n) is 5.97. The van der Waals surface area contributed by atoms with Gasteiger partial charge in [0, 0.05) is 43.6 Å². The van der Waals surface area contributed by atoms with Crippen LogP contribution >= 0.6 is 11.6 Å². The molecule has 2 heterocycles. The minimum Gasteiger partial charge on any atom is -0.497 e. The summed E-state index contributed by atoms with van der Waals surface area (Å²) in [6, 6.07) is 5.40. The van der Waals surface area contributed by atoms with E-state index in [1.165, 1.54) is 0 Å². The first kappa shape index (κ1) is 17.5. The van der Waals surface area contributed by atoms with Gasteiger partial charge in [-0.05, 0) is 24.6 Å². The number of hydrogen-bond donors (Lipinski definition) is 0. The monoisotopic (exact) mass is 360 g/mol. The minimum atomic E-state index is 0.0857. The zero-order chi connectivity index (χ0) is 17.8. The SMILES string of the molecule is COc1ccc(CC(=O)N2CCN(c3nccnc3C)CC2)c(Cl)c1. The maximum Gasteiger partial charge on any atom is 0.227 e. The normalized spacial score (nSPS) is 14.5. The summed E-state index contributed by atoms with van der Waals surface area (Å²) < 4.78 is 5.14. The molecule has 0 spiro atoms. The Kier molecular flexibility index (Phi) is 5.38. The molecule has 0 radical (unpaired) electrons. The fraction of sp³-hybridized carbons (Fsp3) is 0.389. The van der Waals surface area contributed by atoms with E-state index in [0.29, 0.717) is 30.3 Å². The first-order chi connectivity index (χ1) is 12.1. The van der Waals surface area contributed by atoms with Crippen LogP contribution in [0, 0.1) is 6.92 Å². The van der Waals surface area contributed by atoms with Crippen LogP contribution in [-0.4, -0.2) is 54.1 Å². The van der Waals surface area contributed by atoms with E-state index in [9.17, 15) is 4.79 Å². The summed E-state index contributed by atoms with van der Waals surface area (Å²) >= 11 is 6.24. The molecule has 25 heavy (non-hydrogen) atoms. The number of amides is 1. The van der Waals surface area contributed by atoms with Crippen molar-refractivity contribution in [1.82, 2.24) is 14.9 Å². The third-order valence-electron chi connectivity index (χ3n) is 4.39. The highest BCUT2D eigenvalue weighted by atomic mass is 35.5. The van der Waals surface area contributed by atoms with Crippen LogP contribution in [0.5, 0.6) is 5.75 Å². The van der Waals surface area contributed by atoms with Crippen LogP contribution in [0.4, 0.5) is 5.82 Å². The molecule has 1 amide bonds. The fourth-order valence-corrected chi connectivity index (χ4v) is 3.19. The van der Waals surface area contributed by atoms with Crippen LogP contribution in [0.25, 0.3) is 0 Å². The van der Waals surface area contributed by atoms with Gasteiger partial charge in [0.25, 0.3) is 0 Å². The number of anilines is 1. The van der Waals surface area contributed by atoms with E-state index in [1.54, 1.807) is 25.6 Å². The summed E-state index contributed by atoms with van der Waals surface area (Å²) in [4.78, 5) is 25.3. The molecule has 1 aromatic carbocycles. The highest BCUT2D eigenvalue weighted by molar-refractivity contribution is 6.31. The lowest BCUT2D eigenvalue weighted by Crippen LogP contribution is -2.49. The Morgan fingerprint density at radius 3 is 2.56 bits per heavy atom. The van der Waals surface area contributed by atoms with Gasteiger partial charge in [0.05, 0.1) is 19.2 Å². The van der Waals surface area contributed by atoms with Gasteiger partial charge in [0.2, 0.25) is 5.91 Å². The van der Waals surface area contributed by atoms with Crippen molar-refractivity contribution < 1.29 is 9.53 Å². The number of hydrogen-bond acceptors (Lipinski definition) is 5. The molecule has 132 valence electrons. The number of aryl methyl sites for hydroxylation is 1. The smallest absolute Gasteiger partial charge is 0.227 e. The number of nitrogens with zero attached hydrogens (tertiary/aromatic N) is 4. The van der Waals surface area contributed by atoms with Crippen molar-refractivity contribution in [2.75, 3.05) is 38.2 Å². The molecular weight excluding hydrogens is 340 g/mol. The molecule has 3 rings (SSSR count). The number of rotatable bonds is 4. The molecule has 2 aromatic rings. The number of ether oxygens (including phenoxy) is 1. The van der Waals surface area contributed by atoms with Gasteiger partial charge in [0.1, 0.15) is 11.6 Å². The molecule has 0 saturated carbocycles. The van der Waals surface area contributed by atoms with Crippen LogP contribution in [0.2, 0.25) is 5.02 Å². The van der Waals surface area contributed by atoms with Gasteiger partial charge < -0.3 is 14.5 Å². The summed E-state index contributed by atoms with van der Waals surface area (Å²) in [5.74, 6) is 1.67. The predicted octanol–water partition coefficient (Wildman–Crippen LogP) is 2.34. The van der Waals surface area contributed by atoms with Crippen molar-refractivity contribution >= 4 is 23.3 Å². The molecule has 6 nitrogen and oxygen atoms in total. The summed E-state index contributed by atoms with van der Waals surface area (Å²) in [6.07, 6.45) is 3.69. The molecule has 1 saturated heterocycles. The molecule has 1 fully saturated rings. The Labute approximate surface area is 152 Å². The largest absolute Gasteiger partial charge is 0.497 e. The Balaban J connectivity index is 1.59. The number of aromatic nitrogens is 2. The lowest BCUT2D eigenvalue weighted by Gasteiger charge is -2.35. The van der Waals surface area contributed by atoms with Crippen molar-refractivity contribution in [2.24, 2.45) is 0 Å². The van der Waals surface area contributed by atoms with E-state index in [0.717, 1.165) is 30.2 Å². The van der Waals surface area contributed by atoms with E-state index in [4.69, 9.17) is 16.3 Å².